The van der Waals surface area contributed by atoms with Gasteiger partial charge in [-0.2, -0.15) is 0 Å². The summed E-state index contributed by atoms with van der Waals surface area (Å²) in [4.78, 5) is 33.9. The highest BCUT2D eigenvalue weighted by atomic mass is 16.5. The van der Waals surface area contributed by atoms with Crippen molar-refractivity contribution in [3.05, 3.63) is 35.9 Å². The van der Waals surface area contributed by atoms with E-state index in [1.165, 1.54) is 0 Å². The van der Waals surface area contributed by atoms with E-state index in [-0.39, 0.29) is 25.6 Å². The summed E-state index contributed by atoms with van der Waals surface area (Å²) in [7, 11) is 0. The Hall–Kier alpha value is -2.37. The van der Waals surface area contributed by atoms with Gasteiger partial charge < -0.3 is 15.4 Å². The summed E-state index contributed by atoms with van der Waals surface area (Å²) in [6.45, 7) is 1.56. The lowest BCUT2D eigenvalue weighted by molar-refractivity contribution is -0.143. The molecule has 0 spiro atoms. The molecule has 2 amide bonds. The molecule has 1 aromatic carbocycles. The number of rotatable bonds is 6. The van der Waals surface area contributed by atoms with Crippen LogP contribution in [-0.4, -0.2) is 37.5 Å². The molecule has 0 bridgehead atoms. The van der Waals surface area contributed by atoms with Crippen molar-refractivity contribution in [3.63, 3.8) is 0 Å². The van der Waals surface area contributed by atoms with Crippen molar-refractivity contribution in [2.24, 2.45) is 0 Å². The Morgan fingerprint density at radius 3 is 2.37 bits per heavy atom. The Morgan fingerprint density at radius 2 is 1.74 bits per heavy atom. The molecular formula is C13H16N2O4. The molecule has 0 aliphatic carbocycles. The zero-order valence-corrected chi connectivity index (χ0v) is 10.6. The topological polar surface area (TPSA) is 84.5 Å². The number of carbonyl (C=O) groups is 3. The molecule has 0 saturated carbocycles. The van der Waals surface area contributed by atoms with Crippen LogP contribution in [0.5, 0.6) is 0 Å². The monoisotopic (exact) mass is 264 g/mol. The first kappa shape index (κ1) is 14.7. The van der Waals surface area contributed by atoms with Crippen molar-refractivity contribution in [2.75, 3.05) is 19.7 Å². The third kappa shape index (κ3) is 5.67. The molecule has 2 N–H and O–H groups in total. The molecule has 0 aromatic heterocycles. The van der Waals surface area contributed by atoms with Gasteiger partial charge in [-0.15, -0.1) is 0 Å². The van der Waals surface area contributed by atoms with E-state index in [0.29, 0.717) is 5.56 Å². The summed E-state index contributed by atoms with van der Waals surface area (Å²) in [5, 5.41) is 4.80. The van der Waals surface area contributed by atoms with Gasteiger partial charge in [-0.05, 0) is 19.1 Å². The maximum atomic E-state index is 11.6. The predicted molar refractivity (Wildman–Crippen MR) is 68.4 cm³/mol. The Morgan fingerprint density at radius 1 is 1.05 bits per heavy atom. The third-order valence-electron chi connectivity index (χ3n) is 2.18. The zero-order chi connectivity index (χ0) is 14.1. The largest absolute Gasteiger partial charge is 0.465 e. The molecule has 19 heavy (non-hydrogen) atoms. The highest BCUT2D eigenvalue weighted by Crippen LogP contribution is 1.97. The van der Waals surface area contributed by atoms with Crippen molar-refractivity contribution in [1.82, 2.24) is 10.6 Å². The maximum Gasteiger partial charge on any atom is 0.325 e. The SMILES string of the molecule is CCOC(=O)CNC(=O)CNC(=O)c1ccccc1. The lowest BCUT2D eigenvalue weighted by Crippen LogP contribution is -2.39. The van der Waals surface area contributed by atoms with Crippen LogP contribution >= 0.6 is 0 Å². The van der Waals surface area contributed by atoms with Crippen molar-refractivity contribution in [2.45, 2.75) is 6.92 Å². The lowest BCUT2D eigenvalue weighted by Gasteiger charge is -2.06. The van der Waals surface area contributed by atoms with Crippen LogP contribution in [0.1, 0.15) is 17.3 Å². The van der Waals surface area contributed by atoms with Crippen LogP contribution in [0.3, 0.4) is 0 Å². The third-order valence-corrected chi connectivity index (χ3v) is 2.18. The second-order valence-electron chi connectivity index (χ2n) is 3.63. The van der Waals surface area contributed by atoms with Gasteiger partial charge in [-0.1, -0.05) is 18.2 Å². The highest BCUT2D eigenvalue weighted by Gasteiger charge is 2.08. The van der Waals surface area contributed by atoms with E-state index >= 15 is 0 Å². The fourth-order valence-corrected chi connectivity index (χ4v) is 1.30. The van der Waals surface area contributed by atoms with Gasteiger partial charge in [-0.25, -0.2) is 0 Å². The maximum absolute atomic E-state index is 11.6. The van der Waals surface area contributed by atoms with Gasteiger partial charge in [-0.3, -0.25) is 14.4 Å². The minimum absolute atomic E-state index is 0.187. The summed E-state index contributed by atoms with van der Waals surface area (Å²) in [6, 6.07) is 8.55. The van der Waals surface area contributed by atoms with Crippen molar-refractivity contribution < 1.29 is 19.1 Å². The first-order chi connectivity index (χ1) is 9.13. The molecule has 1 aromatic rings. The Bertz CT molecular complexity index is 445. The first-order valence-electron chi connectivity index (χ1n) is 5.89. The molecule has 0 aliphatic rings. The average Bonchev–Trinajstić information content (AvgIpc) is 2.44. The standard InChI is InChI=1S/C13H16N2O4/c1-2-19-12(17)9-14-11(16)8-15-13(18)10-6-4-3-5-7-10/h3-7H,2,8-9H2,1H3,(H,14,16)(H,15,18). The number of hydrogen-bond acceptors (Lipinski definition) is 4. The molecular weight excluding hydrogens is 248 g/mol. The molecule has 0 aliphatic heterocycles. The van der Waals surface area contributed by atoms with E-state index in [4.69, 9.17) is 0 Å². The van der Waals surface area contributed by atoms with Gasteiger partial charge in [0.2, 0.25) is 5.91 Å². The molecule has 0 unspecified atom stereocenters. The quantitative estimate of drug-likeness (QED) is 0.713. The minimum atomic E-state index is -0.509. The average molecular weight is 264 g/mol. The summed E-state index contributed by atoms with van der Waals surface area (Å²) in [6.07, 6.45) is 0. The lowest BCUT2D eigenvalue weighted by atomic mass is 10.2. The van der Waals surface area contributed by atoms with Crippen molar-refractivity contribution in [1.29, 1.82) is 0 Å². The summed E-state index contributed by atoms with van der Waals surface area (Å²) >= 11 is 0. The van der Waals surface area contributed by atoms with Crippen LogP contribution in [0.4, 0.5) is 0 Å². The second-order valence-corrected chi connectivity index (χ2v) is 3.63. The zero-order valence-electron chi connectivity index (χ0n) is 10.6. The number of esters is 1. The summed E-state index contributed by atoms with van der Waals surface area (Å²) < 4.78 is 4.65. The molecule has 0 fully saturated rings. The van der Waals surface area contributed by atoms with Crippen LogP contribution in [0.25, 0.3) is 0 Å². The Labute approximate surface area is 111 Å². The smallest absolute Gasteiger partial charge is 0.325 e. The van der Waals surface area contributed by atoms with Gasteiger partial charge >= 0.3 is 5.97 Å². The van der Waals surface area contributed by atoms with Crippen LogP contribution in [0.2, 0.25) is 0 Å². The van der Waals surface area contributed by atoms with E-state index in [2.05, 4.69) is 15.4 Å². The van der Waals surface area contributed by atoms with Gasteiger partial charge in [0.15, 0.2) is 0 Å². The molecule has 1 rings (SSSR count). The van der Waals surface area contributed by atoms with Crippen LogP contribution < -0.4 is 10.6 Å². The van der Waals surface area contributed by atoms with E-state index in [1.807, 2.05) is 0 Å². The van der Waals surface area contributed by atoms with Gasteiger partial charge in [0.25, 0.3) is 5.91 Å². The first-order valence-corrected chi connectivity index (χ1v) is 5.89. The van der Waals surface area contributed by atoms with Crippen LogP contribution in [0.15, 0.2) is 30.3 Å². The number of carbonyl (C=O) groups excluding carboxylic acids is 3. The molecule has 6 nitrogen and oxygen atoms in total. The predicted octanol–water partition coefficient (Wildman–Crippen LogP) is 0.0957. The van der Waals surface area contributed by atoms with Crippen LogP contribution in [0, 0.1) is 0 Å². The molecule has 0 saturated heterocycles. The second kappa shape index (κ2) is 7.86. The number of ether oxygens (including phenoxy) is 1. The van der Waals surface area contributed by atoms with E-state index in [0.717, 1.165) is 0 Å². The number of benzene rings is 1. The van der Waals surface area contributed by atoms with E-state index in [1.54, 1.807) is 37.3 Å². The Kier molecular flexibility index (Phi) is 6.08. The number of amides is 2. The van der Waals surface area contributed by atoms with E-state index in [9.17, 15) is 14.4 Å². The fourth-order valence-electron chi connectivity index (χ4n) is 1.30. The summed E-state index contributed by atoms with van der Waals surface area (Å²) in [5.41, 5.74) is 0.473. The molecule has 102 valence electrons. The van der Waals surface area contributed by atoms with Gasteiger partial charge in [0.05, 0.1) is 13.2 Å². The molecule has 0 radical (unpaired) electrons. The number of nitrogens with one attached hydrogen (secondary N) is 2. The normalized spacial score (nSPS) is 9.53. The molecule has 0 heterocycles. The van der Waals surface area contributed by atoms with E-state index < -0.39 is 11.9 Å². The van der Waals surface area contributed by atoms with Crippen molar-refractivity contribution in [3.8, 4) is 0 Å². The van der Waals surface area contributed by atoms with Gasteiger partial charge in [0, 0.05) is 5.56 Å². The van der Waals surface area contributed by atoms with Gasteiger partial charge in [0.1, 0.15) is 6.54 Å². The highest BCUT2D eigenvalue weighted by molar-refractivity contribution is 5.96. The fraction of sp³-hybridized carbons (Fsp3) is 0.308. The Balaban J connectivity index is 2.27. The molecule has 0 atom stereocenters. The minimum Gasteiger partial charge on any atom is -0.465 e. The summed E-state index contributed by atoms with van der Waals surface area (Å²) in [5.74, 6) is -1.30. The van der Waals surface area contributed by atoms with Crippen LogP contribution in [-0.2, 0) is 14.3 Å². The number of hydrogen-bond donors (Lipinski definition) is 2. The van der Waals surface area contributed by atoms with Crippen molar-refractivity contribution >= 4 is 17.8 Å². The molecule has 6 heteroatoms.